The normalized spacial score (nSPS) is 18.3. The van der Waals surface area contributed by atoms with E-state index in [0.29, 0.717) is 0 Å². The summed E-state index contributed by atoms with van der Waals surface area (Å²) in [7, 11) is 4.09. The summed E-state index contributed by atoms with van der Waals surface area (Å²) < 4.78 is 15.0. The molecule has 1 aliphatic rings. The van der Waals surface area contributed by atoms with Crippen molar-refractivity contribution in [2.45, 2.75) is 31.6 Å². The molecule has 0 bridgehead atoms. The van der Waals surface area contributed by atoms with Crippen molar-refractivity contribution < 1.29 is 5.94 Å². The molecular weight excluding hydrogens is 260 g/mol. The van der Waals surface area contributed by atoms with Crippen molar-refractivity contribution in [3.05, 3.63) is 42.5 Å². The van der Waals surface area contributed by atoms with Gasteiger partial charge in [0.1, 0.15) is 12.7 Å². The number of aryl methyl sites for hydroxylation is 2. The van der Waals surface area contributed by atoms with Gasteiger partial charge in [0.2, 0.25) is 11.5 Å². The van der Waals surface area contributed by atoms with E-state index >= 15 is 0 Å². The fourth-order valence-electron chi connectivity index (χ4n) is 3.36. The van der Waals surface area contributed by atoms with E-state index in [1.807, 2.05) is 23.8 Å². The Morgan fingerprint density at radius 1 is 1.38 bits per heavy atom. The first-order valence-electron chi connectivity index (χ1n) is 8.07. The van der Waals surface area contributed by atoms with Gasteiger partial charge in [-0.2, -0.15) is 4.57 Å². The van der Waals surface area contributed by atoms with Crippen molar-refractivity contribution in [2.75, 3.05) is 0 Å². The number of rotatable bonds is 2. The largest absolute Gasteiger partial charge is 0.308 e. The van der Waals surface area contributed by atoms with Crippen LogP contribution in [0.1, 0.15) is 38.5 Å². The fraction of sp³-hybridized carbons (Fsp3) is 0.412. The predicted molar refractivity (Wildman–Crippen MR) is 82.0 cm³/mol. The highest BCUT2D eigenvalue weighted by Crippen LogP contribution is 2.34. The molecule has 0 unspecified atom stereocenters. The number of imidazole rings is 2. The molecule has 0 aromatic carbocycles. The number of fused-ring (bicyclic) bond motifs is 1. The van der Waals surface area contributed by atoms with Gasteiger partial charge in [0.15, 0.2) is 6.20 Å². The number of hydrogen-bond donors (Lipinski definition) is 0. The van der Waals surface area contributed by atoms with E-state index in [0.717, 1.165) is 48.4 Å². The van der Waals surface area contributed by atoms with Crippen LogP contribution >= 0.6 is 0 Å². The molecular formula is C17H21N4+. The van der Waals surface area contributed by atoms with Gasteiger partial charge in [-0.05, 0) is 24.3 Å². The van der Waals surface area contributed by atoms with Gasteiger partial charge in [0.25, 0.3) is 0 Å². The molecule has 0 spiro atoms. The quantitative estimate of drug-likeness (QED) is 0.664. The molecule has 3 aromatic heterocycles. The van der Waals surface area contributed by atoms with Crippen LogP contribution < -0.4 is 4.57 Å². The minimum absolute atomic E-state index is 0.408. The molecule has 0 aliphatic heterocycles. The maximum Gasteiger partial charge on any atom is 0.230 e. The Hall–Kier alpha value is -2.10. The van der Waals surface area contributed by atoms with Crippen LogP contribution in [0.2, 0.25) is 0 Å². The molecule has 0 N–H and O–H groups in total. The van der Waals surface area contributed by atoms with E-state index in [-0.39, 0.29) is 0 Å². The lowest BCUT2D eigenvalue weighted by molar-refractivity contribution is -0.660. The van der Waals surface area contributed by atoms with Crippen LogP contribution in [0.25, 0.3) is 17.2 Å². The van der Waals surface area contributed by atoms with Crippen LogP contribution in [0.4, 0.5) is 0 Å². The van der Waals surface area contributed by atoms with Gasteiger partial charge >= 0.3 is 0 Å². The lowest BCUT2D eigenvalue weighted by atomic mass is 9.97. The van der Waals surface area contributed by atoms with E-state index in [9.17, 15) is 0 Å². The van der Waals surface area contributed by atoms with Crippen LogP contribution in [-0.4, -0.2) is 14.0 Å². The molecule has 1 aliphatic carbocycles. The zero-order valence-corrected chi connectivity index (χ0v) is 12.6. The van der Waals surface area contributed by atoms with Gasteiger partial charge in [0, 0.05) is 39.1 Å². The summed E-state index contributed by atoms with van der Waals surface area (Å²) in [5.41, 5.74) is 3.38. The first-order valence-corrected chi connectivity index (χ1v) is 7.57. The Bertz CT molecular complexity index is 840. The Labute approximate surface area is 126 Å². The smallest absolute Gasteiger partial charge is 0.230 e. The maximum atomic E-state index is 8.75. The SMILES string of the molecule is [2H]C1(c2cc[n+](C)c(-c3cn4ccnc4n3C)c2)CCCC1. The summed E-state index contributed by atoms with van der Waals surface area (Å²) in [5.74, 6) is 0.524. The van der Waals surface area contributed by atoms with Crippen LogP contribution in [0.15, 0.2) is 36.9 Å². The lowest BCUT2D eigenvalue weighted by Crippen LogP contribution is -2.31. The molecule has 3 aromatic rings. The summed E-state index contributed by atoms with van der Waals surface area (Å²) in [5, 5.41) is 0. The van der Waals surface area contributed by atoms with Crippen molar-refractivity contribution >= 4 is 5.78 Å². The molecule has 4 rings (SSSR count). The number of aromatic nitrogens is 4. The Morgan fingerprint density at radius 2 is 2.19 bits per heavy atom. The summed E-state index contributed by atoms with van der Waals surface area (Å²) in [6.45, 7) is 0. The highest BCUT2D eigenvalue weighted by atomic mass is 15.2. The predicted octanol–water partition coefficient (Wildman–Crippen LogP) is 2.82. The van der Waals surface area contributed by atoms with Crippen LogP contribution in [0, 0.1) is 0 Å². The monoisotopic (exact) mass is 282 g/mol. The molecule has 108 valence electrons. The summed E-state index contributed by atoms with van der Waals surface area (Å²) >= 11 is 0. The standard InChI is InChI=1S/C17H21N4/c1-19-9-7-14(13-5-3-4-6-13)11-15(19)16-12-21-10-8-18-17(21)20(16)2/h7-13H,3-6H2,1-2H3/q+1/i13D. The average molecular weight is 282 g/mol. The summed E-state index contributed by atoms with van der Waals surface area (Å²) in [6, 6.07) is 4.29. The van der Waals surface area contributed by atoms with E-state index in [1.165, 1.54) is 0 Å². The van der Waals surface area contributed by atoms with Gasteiger partial charge in [-0.25, -0.2) is 4.98 Å². The van der Waals surface area contributed by atoms with Crippen molar-refractivity contribution in [2.24, 2.45) is 14.1 Å². The number of pyridine rings is 1. The highest BCUT2D eigenvalue weighted by Gasteiger charge is 2.22. The molecule has 4 heteroatoms. The van der Waals surface area contributed by atoms with Gasteiger partial charge in [-0.15, -0.1) is 0 Å². The minimum Gasteiger partial charge on any atom is -0.308 e. The molecule has 0 amide bonds. The molecule has 1 fully saturated rings. The van der Waals surface area contributed by atoms with Crippen molar-refractivity contribution in [3.63, 3.8) is 0 Å². The third kappa shape index (κ3) is 1.97. The van der Waals surface area contributed by atoms with Crippen LogP contribution in [0.3, 0.4) is 0 Å². The number of nitrogens with zero attached hydrogens (tertiary/aromatic N) is 4. The van der Waals surface area contributed by atoms with E-state index < -0.39 is 5.89 Å². The average Bonchev–Trinajstić information content (AvgIpc) is 3.19. The molecule has 1 saturated carbocycles. The van der Waals surface area contributed by atoms with Gasteiger partial charge in [0.05, 0.1) is 0 Å². The first kappa shape index (κ1) is 11.5. The third-order valence-electron chi connectivity index (χ3n) is 4.60. The van der Waals surface area contributed by atoms with Crippen molar-refractivity contribution in [3.8, 4) is 11.4 Å². The van der Waals surface area contributed by atoms with E-state index in [2.05, 4.69) is 45.7 Å². The zero-order valence-electron chi connectivity index (χ0n) is 13.6. The zero-order chi connectivity index (χ0) is 15.3. The summed E-state index contributed by atoms with van der Waals surface area (Å²) in [6.07, 6.45) is 12.2. The van der Waals surface area contributed by atoms with Gasteiger partial charge < -0.3 is 4.57 Å². The third-order valence-corrected chi connectivity index (χ3v) is 4.60. The highest BCUT2D eigenvalue weighted by molar-refractivity contribution is 5.57. The second-order valence-electron chi connectivity index (χ2n) is 5.93. The van der Waals surface area contributed by atoms with Crippen molar-refractivity contribution in [1.82, 2.24) is 14.0 Å². The Balaban J connectivity index is 1.87. The molecule has 21 heavy (non-hydrogen) atoms. The molecule has 3 heterocycles. The molecule has 0 radical (unpaired) electrons. The molecule has 0 saturated heterocycles. The Kier molecular flexibility index (Phi) is 2.60. The minimum atomic E-state index is -0.408. The molecule has 4 nitrogen and oxygen atoms in total. The second kappa shape index (κ2) is 4.72. The lowest BCUT2D eigenvalue weighted by Gasteiger charge is -2.10. The topological polar surface area (TPSA) is 26.1 Å². The van der Waals surface area contributed by atoms with Crippen LogP contribution in [-0.2, 0) is 14.1 Å². The second-order valence-corrected chi connectivity index (χ2v) is 5.93. The van der Waals surface area contributed by atoms with Gasteiger partial charge in [-0.1, -0.05) is 12.8 Å². The van der Waals surface area contributed by atoms with E-state index in [1.54, 1.807) is 0 Å². The van der Waals surface area contributed by atoms with Crippen LogP contribution in [0.5, 0.6) is 0 Å². The number of hydrogen-bond acceptors (Lipinski definition) is 1. The van der Waals surface area contributed by atoms with Crippen molar-refractivity contribution in [1.29, 1.82) is 0 Å². The van der Waals surface area contributed by atoms with Gasteiger partial charge in [-0.3, -0.25) is 4.40 Å². The van der Waals surface area contributed by atoms with E-state index in [4.69, 9.17) is 1.37 Å². The summed E-state index contributed by atoms with van der Waals surface area (Å²) in [4.78, 5) is 4.39. The first-order chi connectivity index (χ1) is 10.6. The fourth-order valence-corrected chi connectivity index (χ4v) is 3.36. The maximum absolute atomic E-state index is 8.75. The Morgan fingerprint density at radius 3 is 2.95 bits per heavy atom. The molecule has 0 atom stereocenters.